The molecular weight excluding hydrogens is 588 g/mol. The van der Waals surface area contributed by atoms with Crippen LogP contribution in [0.1, 0.15) is 67.5 Å². The van der Waals surface area contributed by atoms with Crippen LogP contribution in [0.15, 0.2) is 69.0 Å². The molecule has 1 aliphatic carbocycles. The largest absolute Gasteiger partial charge is 0.490 e. The van der Waals surface area contributed by atoms with Crippen LogP contribution in [0.3, 0.4) is 0 Å². The number of hydrogen-bond acceptors (Lipinski definition) is 7. The van der Waals surface area contributed by atoms with Crippen LogP contribution in [0.25, 0.3) is 10.9 Å². The molecule has 4 aromatic rings. The maximum absolute atomic E-state index is 13.6. The third-order valence-corrected chi connectivity index (χ3v) is 7.68. The van der Waals surface area contributed by atoms with Crippen LogP contribution in [0.2, 0.25) is 0 Å². The summed E-state index contributed by atoms with van der Waals surface area (Å²) in [6.07, 6.45) is 6.59. The van der Waals surface area contributed by atoms with Gasteiger partial charge in [-0.1, -0.05) is 65.0 Å². The smallest absolute Gasteiger partial charge is 0.315 e. The van der Waals surface area contributed by atoms with Crippen LogP contribution in [0.4, 0.5) is 5.69 Å². The summed E-state index contributed by atoms with van der Waals surface area (Å²) in [5.41, 5.74) is 2.48. The SMILES string of the molecule is CCOc1cc(C=Nn2c(C3CCCCC3)nc3ccc(Br)cc3c2=O)cc([N+](=O)[O-])c1OCc1ccc(C)cc1. The molecule has 0 aliphatic heterocycles. The molecule has 5 rings (SSSR count). The minimum absolute atomic E-state index is 0.0480. The molecule has 1 saturated carbocycles. The average Bonchev–Trinajstić information content (AvgIpc) is 2.97. The Morgan fingerprint density at radius 1 is 1.10 bits per heavy atom. The first-order valence-corrected chi connectivity index (χ1v) is 14.5. The zero-order valence-electron chi connectivity index (χ0n) is 23.0. The van der Waals surface area contributed by atoms with Crippen molar-refractivity contribution in [1.29, 1.82) is 0 Å². The van der Waals surface area contributed by atoms with E-state index in [0.29, 0.717) is 22.3 Å². The van der Waals surface area contributed by atoms with Gasteiger partial charge in [0.1, 0.15) is 12.4 Å². The molecule has 10 heteroatoms. The Hall–Kier alpha value is -4.05. The Morgan fingerprint density at radius 2 is 1.85 bits per heavy atom. The maximum Gasteiger partial charge on any atom is 0.315 e. The van der Waals surface area contributed by atoms with Gasteiger partial charge >= 0.3 is 5.69 Å². The van der Waals surface area contributed by atoms with E-state index in [1.807, 2.05) is 43.3 Å². The summed E-state index contributed by atoms with van der Waals surface area (Å²) in [5.74, 6) is 0.994. The number of halogens is 1. The van der Waals surface area contributed by atoms with Crippen molar-refractivity contribution in [2.75, 3.05) is 6.61 Å². The van der Waals surface area contributed by atoms with Crippen molar-refractivity contribution in [1.82, 2.24) is 9.66 Å². The van der Waals surface area contributed by atoms with Gasteiger partial charge in [-0.05, 0) is 56.5 Å². The fourth-order valence-electron chi connectivity index (χ4n) is 5.09. The molecule has 1 aromatic heterocycles. The lowest BCUT2D eigenvalue weighted by Gasteiger charge is -2.22. The predicted octanol–water partition coefficient (Wildman–Crippen LogP) is 7.28. The van der Waals surface area contributed by atoms with E-state index in [0.717, 1.165) is 47.7 Å². The number of nitro groups is 1. The summed E-state index contributed by atoms with van der Waals surface area (Å²) in [6.45, 7) is 4.22. The van der Waals surface area contributed by atoms with E-state index in [9.17, 15) is 14.9 Å². The lowest BCUT2D eigenvalue weighted by Crippen LogP contribution is -2.25. The molecular formula is C31H31BrN4O5. The quantitative estimate of drug-likeness (QED) is 0.111. The number of hydrogen-bond donors (Lipinski definition) is 0. The third kappa shape index (κ3) is 6.48. The number of nitro benzene ring substituents is 1. The zero-order valence-corrected chi connectivity index (χ0v) is 24.6. The number of aromatic nitrogens is 2. The molecule has 0 bridgehead atoms. The molecule has 3 aromatic carbocycles. The molecule has 9 nitrogen and oxygen atoms in total. The molecule has 0 amide bonds. The van der Waals surface area contributed by atoms with Gasteiger partial charge in [-0.25, -0.2) is 4.98 Å². The Kier molecular flexibility index (Phi) is 8.78. The van der Waals surface area contributed by atoms with E-state index in [-0.39, 0.29) is 41.9 Å². The second kappa shape index (κ2) is 12.6. The summed E-state index contributed by atoms with van der Waals surface area (Å²) in [7, 11) is 0. The zero-order chi connectivity index (χ0) is 28.9. The Labute approximate surface area is 246 Å². The first-order chi connectivity index (χ1) is 19.8. The standard InChI is InChI=1S/C31H31BrN4O5/c1-3-40-28-16-22(15-27(36(38)39)29(28)41-19-21-11-9-20(2)10-12-21)18-33-35-30(23-7-5-4-6-8-23)34-26-14-13-24(32)17-25(26)31(35)37/h9-18,23H,3-8,19H2,1-2H3. The molecule has 0 atom stereocenters. The third-order valence-electron chi connectivity index (χ3n) is 7.18. The van der Waals surface area contributed by atoms with Gasteiger partial charge in [-0.3, -0.25) is 14.9 Å². The van der Waals surface area contributed by atoms with Crippen LogP contribution in [-0.2, 0) is 6.61 Å². The van der Waals surface area contributed by atoms with Crippen molar-refractivity contribution in [3.63, 3.8) is 0 Å². The number of nitrogens with zero attached hydrogens (tertiary/aromatic N) is 4. The summed E-state index contributed by atoms with van der Waals surface area (Å²) in [6, 6.07) is 16.2. The van der Waals surface area contributed by atoms with E-state index in [1.165, 1.54) is 17.0 Å². The van der Waals surface area contributed by atoms with Gasteiger partial charge in [0, 0.05) is 22.0 Å². The van der Waals surface area contributed by atoms with Crippen LogP contribution < -0.4 is 15.0 Å². The van der Waals surface area contributed by atoms with E-state index >= 15 is 0 Å². The minimum atomic E-state index is -0.501. The number of aryl methyl sites for hydroxylation is 1. The van der Waals surface area contributed by atoms with Gasteiger partial charge < -0.3 is 9.47 Å². The van der Waals surface area contributed by atoms with Gasteiger partial charge in [0.15, 0.2) is 5.75 Å². The number of fused-ring (bicyclic) bond motifs is 1. The second-order valence-corrected chi connectivity index (χ2v) is 11.1. The van der Waals surface area contributed by atoms with E-state index < -0.39 is 4.92 Å². The van der Waals surface area contributed by atoms with Crippen LogP contribution in [0, 0.1) is 17.0 Å². The Bertz CT molecular complexity index is 1660. The van der Waals surface area contributed by atoms with Gasteiger partial charge in [-0.15, -0.1) is 0 Å². The number of benzene rings is 3. The van der Waals surface area contributed by atoms with Crippen molar-refractivity contribution in [2.45, 2.75) is 58.5 Å². The first kappa shape index (κ1) is 28.5. The van der Waals surface area contributed by atoms with Gasteiger partial charge in [0.2, 0.25) is 5.75 Å². The molecule has 0 N–H and O–H groups in total. The van der Waals surface area contributed by atoms with Gasteiger partial charge in [0.05, 0.1) is 28.6 Å². The fraction of sp³-hybridized carbons (Fsp3) is 0.323. The molecule has 0 spiro atoms. The normalized spacial score (nSPS) is 14.0. The molecule has 41 heavy (non-hydrogen) atoms. The summed E-state index contributed by atoms with van der Waals surface area (Å²) < 4.78 is 13.8. The maximum atomic E-state index is 13.6. The Morgan fingerprint density at radius 3 is 2.56 bits per heavy atom. The molecule has 0 saturated heterocycles. The van der Waals surface area contributed by atoms with E-state index in [1.54, 1.807) is 19.1 Å². The first-order valence-electron chi connectivity index (χ1n) is 13.7. The van der Waals surface area contributed by atoms with Crippen molar-refractivity contribution in [3.05, 3.63) is 102 Å². The summed E-state index contributed by atoms with van der Waals surface area (Å²) in [4.78, 5) is 30.1. The topological polar surface area (TPSA) is 109 Å². The fourth-order valence-corrected chi connectivity index (χ4v) is 5.45. The molecule has 1 heterocycles. The van der Waals surface area contributed by atoms with Crippen LogP contribution in [0.5, 0.6) is 11.5 Å². The number of rotatable bonds is 9. The average molecular weight is 620 g/mol. The molecule has 0 radical (unpaired) electrons. The van der Waals surface area contributed by atoms with Crippen LogP contribution >= 0.6 is 15.9 Å². The second-order valence-electron chi connectivity index (χ2n) is 10.2. The lowest BCUT2D eigenvalue weighted by molar-refractivity contribution is -0.386. The molecule has 1 fully saturated rings. The monoisotopic (exact) mass is 618 g/mol. The minimum Gasteiger partial charge on any atom is -0.490 e. The highest BCUT2D eigenvalue weighted by Gasteiger charge is 2.24. The predicted molar refractivity (Wildman–Crippen MR) is 162 cm³/mol. The van der Waals surface area contributed by atoms with Crippen molar-refractivity contribution in [2.24, 2.45) is 5.10 Å². The van der Waals surface area contributed by atoms with E-state index in [2.05, 4.69) is 21.0 Å². The van der Waals surface area contributed by atoms with Gasteiger partial charge in [0.25, 0.3) is 5.56 Å². The van der Waals surface area contributed by atoms with Crippen molar-refractivity contribution < 1.29 is 14.4 Å². The molecule has 212 valence electrons. The highest BCUT2D eigenvalue weighted by molar-refractivity contribution is 9.10. The summed E-state index contributed by atoms with van der Waals surface area (Å²) >= 11 is 3.44. The number of ether oxygens (including phenoxy) is 2. The van der Waals surface area contributed by atoms with Crippen LogP contribution in [-0.4, -0.2) is 27.4 Å². The Balaban J connectivity index is 1.56. The lowest BCUT2D eigenvalue weighted by atomic mass is 9.88. The van der Waals surface area contributed by atoms with E-state index in [4.69, 9.17) is 14.5 Å². The highest BCUT2D eigenvalue weighted by Crippen LogP contribution is 2.39. The van der Waals surface area contributed by atoms with Gasteiger partial charge in [-0.2, -0.15) is 9.78 Å². The molecule has 0 unspecified atom stereocenters. The molecule has 1 aliphatic rings. The highest BCUT2D eigenvalue weighted by atomic mass is 79.9. The van der Waals surface area contributed by atoms with Crippen molar-refractivity contribution >= 4 is 38.7 Å². The van der Waals surface area contributed by atoms with Crippen molar-refractivity contribution in [3.8, 4) is 11.5 Å². The summed E-state index contributed by atoms with van der Waals surface area (Å²) in [5, 5.41) is 17.1.